The fraction of sp³-hybridized carbons (Fsp3) is 0.500. The van der Waals surface area contributed by atoms with E-state index in [-0.39, 0.29) is 56.2 Å². The summed E-state index contributed by atoms with van der Waals surface area (Å²) in [4.78, 5) is 22.4. The van der Waals surface area contributed by atoms with Gasteiger partial charge in [-0.2, -0.15) is 0 Å². The van der Waals surface area contributed by atoms with Gasteiger partial charge in [-0.05, 0) is 129 Å². The van der Waals surface area contributed by atoms with E-state index < -0.39 is 17.7 Å². The Hall–Kier alpha value is -4.84. The maximum atomic E-state index is 14.8. The Morgan fingerprint density at radius 3 is 2.42 bits per heavy atom. The van der Waals surface area contributed by atoms with Gasteiger partial charge in [-0.1, -0.05) is 42.3 Å². The average Bonchev–Trinajstić information content (AvgIpc) is 3.99. The van der Waals surface area contributed by atoms with Crippen LogP contribution in [0.1, 0.15) is 86.0 Å². The lowest BCUT2D eigenvalue weighted by Crippen LogP contribution is -2.70. The second kappa shape index (κ2) is 17.8. The summed E-state index contributed by atoms with van der Waals surface area (Å²) in [6.07, 6.45) is 10.9. The zero-order chi connectivity index (χ0) is 41.1. The van der Waals surface area contributed by atoms with Gasteiger partial charge < -0.3 is 43.6 Å². The van der Waals surface area contributed by atoms with Crippen LogP contribution >= 0.6 is 0 Å². The molecule has 314 valence electrons. The standard InChI is InChI=1S/C48H58N2O9/c1-5-22-57-48-44(50(47(53)33-14-15-33)28-32-13-18-42-43(24-32)56-29-55-42)27-40(49-54-4)38-25-34(10-6-8-20-51)37(11-7-9-21-52)45(46(38)48)39-26-36(17-19-41(39)59-48)58-35-16-12-30(2)31(3)23-35/h5,12-13,16-19,23-26,33-34,37,44-46,51-52H,1,6-11,14-15,20-22,27-29H2,2-4H3. The fourth-order valence-electron chi connectivity index (χ4n) is 9.88. The molecule has 2 saturated carbocycles. The van der Waals surface area contributed by atoms with Gasteiger partial charge in [-0.25, -0.2) is 0 Å². The van der Waals surface area contributed by atoms with E-state index in [0.29, 0.717) is 48.8 Å². The van der Waals surface area contributed by atoms with Crippen molar-refractivity contribution in [2.75, 3.05) is 33.7 Å². The molecule has 6 atom stereocenters. The van der Waals surface area contributed by atoms with Crippen molar-refractivity contribution < 1.29 is 43.5 Å². The third-order valence-corrected chi connectivity index (χ3v) is 12.9. The fourth-order valence-corrected chi connectivity index (χ4v) is 9.88. The SMILES string of the molecule is C=CCOC12Oc3ccc(Oc4ccc(C)c(C)c4)cc3C3C(CCCCO)C(CCCCO)C=C(C(=NOC)CC1N(Cc1ccc4c(c1)OCO4)C(=O)C1CC1)C32. The van der Waals surface area contributed by atoms with E-state index in [9.17, 15) is 15.0 Å². The molecule has 3 aromatic carbocycles. The number of carbonyl (C=O) groups is 1. The van der Waals surface area contributed by atoms with Gasteiger partial charge in [0.15, 0.2) is 11.5 Å². The number of hydrogen-bond acceptors (Lipinski definition) is 10. The lowest BCUT2D eigenvalue weighted by atomic mass is 9.55. The molecule has 2 fully saturated rings. The van der Waals surface area contributed by atoms with Crippen LogP contribution in [0, 0.1) is 37.5 Å². The van der Waals surface area contributed by atoms with Gasteiger partial charge in [0.2, 0.25) is 18.5 Å². The summed E-state index contributed by atoms with van der Waals surface area (Å²) in [6.45, 7) is 9.12. The molecule has 11 heteroatoms. The molecule has 1 amide bonds. The molecule has 3 aliphatic carbocycles. The van der Waals surface area contributed by atoms with Crippen LogP contribution in [0.3, 0.4) is 0 Å². The Morgan fingerprint density at radius 1 is 0.932 bits per heavy atom. The molecule has 6 unspecified atom stereocenters. The topological polar surface area (TPSA) is 129 Å². The first-order valence-electron chi connectivity index (χ1n) is 21.3. The summed E-state index contributed by atoms with van der Waals surface area (Å²) < 4.78 is 32.5. The van der Waals surface area contributed by atoms with Crippen LogP contribution in [0.25, 0.3) is 0 Å². The van der Waals surface area contributed by atoms with E-state index in [4.69, 9.17) is 33.7 Å². The highest BCUT2D eigenvalue weighted by molar-refractivity contribution is 6.03. The molecule has 0 aromatic heterocycles. The second-order valence-corrected chi connectivity index (χ2v) is 16.7. The smallest absolute Gasteiger partial charge is 0.239 e. The number of nitrogens with zero attached hydrogens (tertiary/aromatic N) is 2. The predicted octanol–water partition coefficient (Wildman–Crippen LogP) is 8.53. The number of oxime groups is 1. The first-order chi connectivity index (χ1) is 28.8. The molecule has 11 nitrogen and oxygen atoms in total. The Labute approximate surface area is 347 Å². The van der Waals surface area contributed by atoms with Gasteiger partial charge in [0.05, 0.1) is 18.2 Å². The molecule has 8 rings (SSSR count). The summed E-state index contributed by atoms with van der Waals surface area (Å²) in [5.74, 6) is 1.76. The Morgan fingerprint density at radius 2 is 1.68 bits per heavy atom. The highest BCUT2D eigenvalue weighted by Gasteiger charge is 2.66. The van der Waals surface area contributed by atoms with Gasteiger partial charge in [0.1, 0.15) is 30.4 Å². The normalized spacial score (nSPS) is 25.7. The number of fused-ring (bicyclic) bond motifs is 3. The number of unbranched alkanes of at least 4 members (excludes halogenated alkanes) is 2. The quantitative estimate of drug-likeness (QED) is 0.0739. The van der Waals surface area contributed by atoms with E-state index in [1.165, 1.54) is 5.56 Å². The lowest BCUT2D eigenvalue weighted by molar-refractivity contribution is -0.258. The molecule has 3 aromatic rings. The van der Waals surface area contributed by atoms with Gasteiger partial charge >= 0.3 is 0 Å². The number of ether oxygens (including phenoxy) is 5. The van der Waals surface area contributed by atoms with Crippen molar-refractivity contribution in [3.05, 3.63) is 101 Å². The van der Waals surface area contributed by atoms with Crippen LogP contribution in [0.15, 0.2) is 84.1 Å². The van der Waals surface area contributed by atoms with Crippen molar-refractivity contribution in [2.45, 2.75) is 95.9 Å². The van der Waals surface area contributed by atoms with Crippen LogP contribution in [-0.4, -0.2) is 72.3 Å². The number of aryl methyl sites for hydroxylation is 2. The minimum Gasteiger partial charge on any atom is -0.459 e. The molecule has 0 bridgehead atoms. The summed E-state index contributed by atoms with van der Waals surface area (Å²) in [7, 11) is 1.57. The maximum absolute atomic E-state index is 14.8. The number of aliphatic hydroxyl groups is 2. The number of carbonyl (C=O) groups excluding carboxylic acids is 1. The maximum Gasteiger partial charge on any atom is 0.239 e. The van der Waals surface area contributed by atoms with Crippen molar-refractivity contribution in [1.29, 1.82) is 0 Å². The number of allylic oxidation sites excluding steroid dienone is 1. The summed E-state index contributed by atoms with van der Waals surface area (Å²) in [6, 6.07) is 17.4. The van der Waals surface area contributed by atoms with Crippen molar-refractivity contribution in [2.24, 2.45) is 28.8 Å². The van der Waals surface area contributed by atoms with E-state index in [1.54, 1.807) is 13.2 Å². The van der Waals surface area contributed by atoms with Crippen molar-refractivity contribution >= 4 is 11.6 Å². The van der Waals surface area contributed by atoms with Crippen LogP contribution in [0.5, 0.6) is 28.7 Å². The second-order valence-electron chi connectivity index (χ2n) is 16.7. The van der Waals surface area contributed by atoms with E-state index >= 15 is 0 Å². The molecule has 0 spiro atoms. The molecule has 0 radical (unpaired) electrons. The Bertz CT molecular complexity index is 2080. The average molecular weight is 807 g/mol. The van der Waals surface area contributed by atoms with E-state index in [1.807, 2.05) is 41.3 Å². The molecule has 2 N–H and O–H groups in total. The molecule has 2 aliphatic heterocycles. The van der Waals surface area contributed by atoms with Crippen molar-refractivity contribution in [1.82, 2.24) is 4.90 Å². The van der Waals surface area contributed by atoms with E-state index in [0.717, 1.165) is 72.2 Å². The van der Waals surface area contributed by atoms with Crippen LogP contribution < -0.4 is 18.9 Å². The Kier molecular flexibility index (Phi) is 12.3. The predicted molar refractivity (Wildman–Crippen MR) is 224 cm³/mol. The van der Waals surface area contributed by atoms with Gasteiger partial charge in [0.25, 0.3) is 0 Å². The van der Waals surface area contributed by atoms with Gasteiger partial charge in [0, 0.05) is 43.6 Å². The molecule has 59 heavy (non-hydrogen) atoms. The number of amides is 1. The van der Waals surface area contributed by atoms with E-state index in [2.05, 4.69) is 44.7 Å². The van der Waals surface area contributed by atoms with Crippen molar-refractivity contribution in [3.63, 3.8) is 0 Å². The molecule has 0 saturated heterocycles. The zero-order valence-electron chi connectivity index (χ0n) is 34.6. The van der Waals surface area contributed by atoms with Crippen LogP contribution in [-0.2, 0) is 20.9 Å². The number of benzene rings is 3. The molecule has 2 heterocycles. The minimum atomic E-state index is -1.34. The number of rotatable bonds is 18. The molecule has 5 aliphatic rings. The first kappa shape index (κ1) is 40.9. The van der Waals surface area contributed by atoms with Crippen LogP contribution in [0.4, 0.5) is 0 Å². The number of aliphatic hydroxyl groups excluding tert-OH is 2. The van der Waals surface area contributed by atoms with Gasteiger partial charge in [-0.3, -0.25) is 4.79 Å². The first-order valence-corrected chi connectivity index (χ1v) is 21.3. The monoisotopic (exact) mass is 806 g/mol. The highest BCUT2D eigenvalue weighted by Crippen LogP contribution is 2.62. The van der Waals surface area contributed by atoms with Crippen molar-refractivity contribution in [3.8, 4) is 28.7 Å². The van der Waals surface area contributed by atoms with Crippen LogP contribution in [0.2, 0.25) is 0 Å². The summed E-state index contributed by atoms with van der Waals surface area (Å²) >= 11 is 0. The Balaban J connectivity index is 1.31. The highest BCUT2D eigenvalue weighted by atomic mass is 16.7. The number of hydrogen-bond donors (Lipinski definition) is 2. The van der Waals surface area contributed by atoms with Gasteiger partial charge in [-0.15, -0.1) is 6.58 Å². The largest absolute Gasteiger partial charge is 0.459 e. The summed E-state index contributed by atoms with van der Waals surface area (Å²) in [5.41, 5.74) is 6.02. The third kappa shape index (κ3) is 8.21. The third-order valence-electron chi connectivity index (χ3n) is 12.9. The molecular weight excluding hydrogens is 749 g/mol. The lowest BCUT2D eigenvalue weighted by Gasteiger charge is -2.60. The molecular formula is C48H58N2O9. The minimum absolute atomic E-state index is 0.0544. The zero-order valence-corrected chi connectivity index (χ0v) is 34.6. The summed E-state index contributed by atoms with van der Waals surface area (Å²) in [5, 5.41) is 24.6.